The Labute approximate surface area is 81.1 Å². The summed E-state index contributed by atoms with van der Waals surface area (Å²) in [7, 11) is 2.11. The molecule has 0 aromatic rings. The fourth-order valence-corrected chi connectivity index (χ4v) is 1.44. The maximum Gasteiger partial charge on any atom is 0.0742 e. The molecule has 1 unspecified atom stereocenters. The summed E-state index contributed by atoms with van der Waals surface area (Å²) < 4.78 is 0. The monoisotopic (exact) mass is 188 g/mol. The maximum atomic E-state index is 5.47. The standard InChI is InChI=1S/C9H20N2S/c1-7(2)6-11(4)8(3)5-9(10)12/h7-8H,5-6H2,1-4H3,(H2,10,12). The molecule has 0 aromatic carbocycles. The molecule has 2 nitrogen and oxygen atoms in total. The highest BCUT2D eigenvalue weighted by Crippen LogP contribution is 2.04. The highest BCUT2D eigenvalue weighted by molar-refractivity contribution is 7.80. The van der Waals surface area contributed by atoms with Crippen molar-refractivity contribution in [3.8, 4) is 0 Å². The van der Waals surface area contributed by atoms with Crippen molar-refractivity contribution in [1.29, 1.82) is 0 Å². The van der Waals surface area contributed by atoms with Gasteiger partial charge in [0.15, 0.2) is 0 Å². The van der Waals surface area contributed by atoms with Crippen LogP contribution >= 0.6 is 12.2 Å². The summed E-state index contributed by atoms with van der Waals surface area (Å²) in [4.78, 5) is 2.90. The second kappa shape index (κ2) is 5.49. The van der Waals surface area contributed by atoms with Crippen molar-refractivity contribution in [3.05, 3.63) is 0 Å². The number of rotatable bonds is 5. The second-order valence-corrected chi connectivity index (χ2v) is 4.38. The van der Waals surface area contributed by atoms with E-state index in [1.165, 1.54) is 0 Å². The Hall–Kier alpha value is -0.150. The first kappa shape index (κ1) is 11.8. The first-order chi connectivity index (χ1) is 5.43. The molecule has 0 heterocycles. The predicted molar refractivity (Wildman–Crippen MR) is 58.3 cm³/mol. The van der Waals surface area contributed by atoms with Crippen LogP contribution in [0, 0.1) is 5.92 Å². The molecule has 0 rings (SSSR count). The Kier molecular flexibility index (Phi) is 5.42. The van der Waals surface area contributed by atoms with Gasteiger partial charge in [0, 0.05) is 19.0 Å². The van der Waals surface area contributed by atoms with Gasteiger partial charge in [-0.2, -0.15) is 0 Å². The molecular weight excluding hydrogens is 168 g/mol. The Bertz CT molecular complexity index is 145. The van der Waals surface area contributed by atoms with E-state index in [2.05, 4.69) is 32.7 Å². The summed E-state index contributed by atoms with van der Waals surface area (Å²) in [5.41, 5.74) is 5.47. The van der Waals surface area contributed by atoms with Gasteiger partial charge in [-0.3, -0.25) is 0 Å². The lowest BCUT2D eigenvalue weighted by atomic mass is 10.1. The fourth-order valence-electron chi connectivity index (χ4n) is 1.20. The first-order valence-corrected chi connectivity index (χ1v) is 4.82. The predicted octanol–water partition coefficient (Wildman–Crippen LogP) is 1.64. The summed E-state index contributed by atoms with van der Waals surface area (Å²) in [5, 5.41) is 0. The van der Waals surface area contributed by atoms with Crippen molar-refractivity contribution in [3.63, 3.8) is 0 Å². The Morgan fingerprint density at radius 1 is 1.42 bits per heavy atom. The minimum Gasteiger partial charge on any atom is -0.393 e. The van der Waals surface area contributed by atoms with E-state index in [1.54, 1.807) is 0 Å². The Morgan fingerprint density at radius 2 is 1.92 bits per heavy atom. The SMILES string of the molecule is CC(C)CN(C)C(C)CC(N)=S. The largest absolute Gasteiger partial charge is 0.393 e. The van der Waals surface area contributed by atoms with Gasteiger partial charge in [0.25, 0.3) is 0 Å². The molecule has 0 aliphatic heterocycles. The van der Waals surface area contributed by atoms with Gasteiger partial charge in [0.1, 0.15) is 0 Å². The van der Waals surface area contributed by atoms with Crippen molar-refractivity contribution < 1.29 is 0 Å². The van der Waals surface area contributed by atoms with Gasteiger partial charge >= 0.3 is 0 Å². The normalized spacial score (nSPS) is 13.8. The third-order valence-electron chi connectivity index (χ3n) is 1.90. The molecule has 0 fully saturated rings. The molecular formula is C9H20N2S. The van der Waals surface area contributed by atoms with Crippen LogP contribution in [0.25, 0.3) is 0 Å². The highest BCUT2D eigenvalue weighted by atomic mass is 32.1. The van der Waals surface area contributed by atoms with E-state index in [4.69, 9.17) is 18.0 Å². The molecule has 72 valence electrons. The van der Waals surface area contributed by atoms with E-state index < -0.39 is 0 Å². The van der Waals surface area contributed by atoms with Gasteiger partial charge in [-0.1, -0.05) is 26.1 Å². The number of nitrogens with zero attached hydrogens (tertiary/aromatic N) is 1. The second-order valence-electron chi connectivity index (χ2n) is 3.85. The van der Waals surface area contributed by atoms with Gasteiger partial charge in [-0.25, -0.2) is 0 Å². The van der Waals surface area contributed by atoms with Crippen LogP contribution < -0.4 is 5.73 Å². The topological polar surface area (TPSA) is 29.3 Å². The molecule has 0 radical (unpaired) electrons. The molecule has 3 heteroatoms. The third-order valence-corrected chi connectivity index (χ3v) is 2.07. The molecule has 0 saturated heterocycles. The van der Waals surface area contributed by atoms with E-state index in [0.717, 1.165) is 13.0 Å². The van der Waals surface area contributed by atoms with Crippen LogP contribution in [0.4, 0.5) is 0 Å². The van der Waals surface area contributed by atoms with E-state index in [9.17, 15) is 0 Å². The van der Waals surface area contributed by atoms with E-state index in [1.807, 2.05) is 0 Å². The van der Waals surface area contributed by atoms with Crippen LogP contribution in [-0.2, 0) is 0 Å². The van der Waals surface area contributed by atoms with Crippen molar-refractivity contribution in [1.82, 2.24) is 4.90 Å². The number of nitrogens with two attached hydrogens (primary N) is 1. The molecule has 0 aliphatic rings. The molecule has 0 saturated carbocycles. The van der Waals surface area contributed by atoms with Crippen LogP contribution in [-0.4, -0.2) is 29.5 Å². The van der Waals surface area contributed by atoms with Crippen LogP contribution in [0.1, 0.15) is 27.2 Å². The quantitative estimate of drug-likeness (QED) is 0.665. The lowest BCUT2D eigenvalue weighted by Gasteiger charge is -2.25. The van der Waals surface area contributed by atoms with Gasteiger partial charge in [0.05, 0.1) is 4.99 Å². The summed E-state index contributed by atoms with van der Waals surface area (Å²) in [5.74, 6) is 0.698. The van der Waals surface area contributed by atoms with E-state index in [-0.39, 0.29) is 0 Å². The third kappa shape index (κ3) is 5.49. The smallest absolute Gasteiger partial charge is 0.0742 e. The van der Waals surface area contributed by atoms with Gasteiger partial charge in [-0.05, 0) is 19.9 Å². The minimum absolute atomic E-state index is 0.463. The van der Waals surface area contributed by atoms with Crippen molar-refractivity contribution in [2.75, 3.05) is 13.6 Å². The number of thiocarbonyl (C=S) groups is 1. The van der Waals surface area contributed by atoms with Gasteiger partial charge < -0.3 is 10.6 Å². The van der Waals surface area contributed by atoms with Crippen molar-refractivity contribution in [2.24, 2.45) is 11.7 Å². The maximum absolute atomic E-state index is 5.47. The van der Waals surface area contributed by atoms with Gasteiger partial charge in [-0.15, -0.1) is 0 Å². The Balaban J connectivity index is 3.76. The van der Waals surface area contributed by atoms with E-state index >= 15 is 0 Å². The molecule has 12 heavy (non-hydrogen) atoms. The molecule has 1 atom stereocenters. The minimum atomic E-state index is 0.463. The van der Waals surface area contributed by atoms with Crippen LogP contribution in [0.5, 0.6) is 0 Å². The van der Waals surface area contributed by atoms with Crippen LogP contribution in [0.3, 0.4) is 0 Å². The molecule has 0 amide bonds. The Morgan fingerprint density at radius 3 is 2.25 bits per heavy atom. The zero-order valence-corrected chi connectivity index (χ0v) is 9.32. The zero-order chi connectivity index (χ0) is 9.72. The van der Waals surface area contributed by atoms with Crippen LogP contribution in [0.2, 0.25) is 0 Å². The fraction of sp³-hybridized carbons (Fsp3) is 0.889. The number of hydrogen-bond donors (Lipinski definition) is 1. The summed E-state index contributed by atoms with van der Waals surface area (Å²) in [6.07, 6.45) is 0.818. The molecule has 0 aliphatic carbocycles. The summed E-state index contributed by atoms with van der Waals surface area (Å²) in [6, 6.07) is 0.463. The average molecular weight is 188 g/mol. The molecule has 0 bridgehead atoms. The summed E-state index contributed by atoms with van der Waals surface area (Å²) >= 11 is 4.86. The molecule has 0 aromatic heterocycles. The van der Waals surface area contributed by atoms with Gasteiger partial charge in [0.2, 0.25) is 0 Å². The average Bonchev–Trinajstić information content (AvgIpc) is 1.84. The van der Waals surface area contributed by atoms with Crippen molar-refractivity contribution in [2.45, 2.75) is 33.2 Å². The first-order valence-electron chi connectivity index (χ1n) is 4.42. The zero-order valence-electron chi connectivity index (χ0n) is 8.50. The molecule has 0 spiro atoms. The van der Waals surface area contributed by atoms with E-state index in [0.29, 0.717) is 16.9 Å². The molecule has 2 N–H and O–H groups in total. The van der Waals surface area contributed by atoms with Crippen molar-refractivity contribution >= 4 is 17.2 Å². The van der Waals surface area contributed by atoms with Crippen LogP contribution in [0.15, 0.2) is 0 Å². The summed E-state index contributed by atoms with van der Waals surface area (Å²) in [6.45, 7) is 7.68. The lowest BCUT2D eigenvalue weighted by molar-refractivity contribution is 0.235. The highest BCUT2D eigenvalue weighted by Gasteiger charge is 2.10. The number of hydrogen-bond acceptors (Lipinski definition) is 2. The lowest BCUT2D eigenvalue weighted by Crippen LogP contribution is -2.34.